The van der Waals surface area contributed by atoms with E-state index in [0.29, 0.717) is 13.0 Å². The van der Waals surface area contributed by atoms with Crippen molar-refractivity contribution in [3.05, 3.63) is 12.4 Å². The Morgan fingerprint density at radius 2 is 2.31 bits per heavy atom. The molecule has 0 aliphatic heterocycles. The summed E-state index contributed by atoms with van der Waals surface area (Å²) >= 11 is 5.89. The number of hydrogen-bond donors (Lipinski definition) is 1. The normalized spacial score (nSPS) is 13.9. The SMILES string of the molecule is CCC(Cl)CCNS(=O)(=O)c1cnn(C)c1. The molecule has 1 rings (SSSR count). The molecule has 1 aromatic heterocycles. The molecule has 0 saturated heterocycles. The Bertz CT molecular complexity index is 430. The molecule has 0 amide bonds. The van der Waals surface area contributed by atoms with Gasteiger partial charge in [0, 0.05) is 25.2 Å². The standard InChI is InChI=1S/C9H16ClN3O2S/c1-3-8(10)4-5-12-16(14,15)9-6-11-13(2)7-9/h6-8,12H,3-5H2,1-2H3. The molecule has 7 heteroatoms. The number of aromatic nitrogens is 2. The highest BCUT2D eigenvalue weighted by molar-refractivity contribution is 7.89. The largest absolute Gasteiger partial charge is 0.274 e. The van der Waals surface area contributed by atoms with Crippen LogP contribution in [0.3, 0.4) is 0 Å². The third kappa shape index (κ3) is 3.77. The number of nitrogens with one attached hydrogen (secondary N) is 1. The minimum Gasteiger partial charge on any atom is -0.274 e. The minimum absolute atomic E-state index is 0.0107. The predicted molar refractivity (Wildman–Crippen MR) is 62.9 cm³/mol. The van der Waals surface area contributed by atoms with E-state index in [1.165, 1.54) is 17.1 Å². The van der Waals surface area contributed by atoms with Gasteiger partial charge in [-0.25, -0.2) is 13.1 Å². The Balaban J connectivity index is 2.53. The van der Waals surface area contributed by atoms with Crippen LogP contribution in [-0.2, 0) is 17.1 Å². The number of rotatable bonds is 6. The third-order valence-corrected chi connectivity index (χ3v) is 4.13. The molecule has 0 spiro atoms. The van der Waals surface area contributed by atoms with E-state index in [2.05, 4.69) is 9.82 Å². The molecule has 0 radical (unpaired) electrons. The number of hydrogen-bond acceptors (Lipinski definition) is 3. The van der Waals surface area contributed by atoms with Gasteiger partial charge in [-0.2, -0.15) is 5.10 Å². The summed E-state index contributed by atoms with van der Waals surface area (Å²) in [7, 11) is -1.76. The van der Waals surface area contributed by atoms with Gasteiger partial charge in [-0.1, -0.05) is 6.92 Å². The quantitative estimate of drug-likeness (QED) is 0.784. The molecule has 1 aromatic rings. The zero-order valence-corrected chi connectivity index (χ0v) is 10.9. The summed E-state index contributed by atoms with van der Waals surface area (Å²) in [5.74, 6) is 0. The van der Waals surface area contributed by atoms with Crippen LogP contribution in [0.25, 0.3) is 0 Å². The lowest BCUT2D eigenvalue weighted by atomic mass is 10.2. The van der Waals surface area contributed by atoms with Gasteiger partial charge in [-0.3, -0.25) is 4.68 Å². The lowest BCUT2D eigenvalue weighted by molar-refractivity contribution is 0.576. The first kappa shape index (κ1) is 13.5. The average Bonchev–Trinajstić information content (AvgIpc) is 2.65. The van der Waals surface area contributed by atoms with Crippen molar-refractivity contribution in [3.63, 3.8) is 0 Å². The summed E-state index contributed by atoms with van der Waals surface area (Å²) in [5.41, 5.74) is 0. The predicted octanol–water partition coefficient (Wildman–Crippen LogP) is 1.11. The minimum atomic E-state index is -3.44. The molecule has 5 nitrogen and oxygen atoms in total. The van der Waals surface area contributed by atoms with Gasteiger partial charge in [0.05, 0.1) is 6.20 Å². The van der Waals surface area contributed by atoms with E-state index in [1.54, 1.807) is 7.05 Å². The van der Waals surface area contributed by atoms with Gasteiger partial charge < -0.3 is 0 Å². The molecule has 0 saturated carbocycles. The fourth-order valence-electron chi connectivity index (χ4n) is 1.17. The van der Waals surface area contributed by atoms with Crippen LogP contribution in [0.1, 0.15) is 19.8 Å². The van der Waals surface area contributed by atoms with Crippen molar-refractivity contribution in [2.24, 2.45) is 7.05 Å². The average molecular weight is 266 g/mol. The summed E-state index contributed by atoms with van der Waals surface area (Å²) in [6.45, 7) is 2.31. The maximum absolute atomic E-state index is 11.7. The van der Waals surface area contributed by atoms with E-state index >= 15 is 0 Å². The first-order valence-corrected chi connectivity index (χ1v) is 7.00. The van der Waals surface area contributed by atoms with Gasteiger partial charge >= 0.3 is 0 Å². The molecule has 0 aliphatic rings. The summed E-state index contributed by atoms with van der Waals surface area (Å²) in [5, 5.41) is 3.82. The van der Waals surface area contributed by atoms with Crippen LogP contribution in [0.4, 0.5) is 0 Å². The maximum atomic E-state index is 11.7. The molecule has 1 atom stereocenters. The fourth-order valence-corrected chi connectivity index (χ4v) is 2.31. The molecule has 1 unspecified atom stereocenters. The monoisotopic (exact) mass is 265 g/mol. The van der Waals surface area contributed by atoms with E-state index in [1.807, 2.05) is 6.92 Å². The molecule has 1 heterocycles. The van der Waals surface area contributed by atoms with Crippen LogP contribution in [0, 0.1) is 0 Å². The number of halogens is 1. The van der Waals surface area contributed by atoms with Crippen molar-refractivity contribution in [2.45, 2.75) is 30.0 Å². The number of sulfonamides is 1. The second kappa shape index (κ2) is 5.65. The van der Waals surface area contributed by atoms with Gasteiger partial charge in [0.15, 0.2) is 0 Å². The highest BCUT2D eigenvalue weighted by atomic mass is 35.5. The van der Waals surface area contributed by atoms with E-state index in [0.717, 1.165) is 6.42 Å². The van der Waals surface area contributed by atoms with Gasteiger partial charge in [0.25, 0.3) is 0 Å². The van der Waals surface area contributed by atoms with Crippen LogP contribution in [0.2, 0.25) is 0 Å². The molecule has 16 heavy (non-hydrogen) atoms. The fraction of sp³-hybridized carbons (Fsp3) is 0.667. The van der Waals surface area contributed by atoms with Gasteiger partial charge in [-0.15, -0.1) is 11.6 Å². The molecule has 0 bridgehead atoms. The third-order valence-electron chi connectivity index (χ3n) is 2.18. The van der Waals surface area contributed by atoms with E-state index < -0.39 is 10.0 Å². The van der Waals surface area contributed by atoms with Crippen molar-refractivity contribution < 1.29 is 8.42 Å². The van der Waals surface area contributed by atoms with E-state index in [4.69, 9.17) is 11.6 Å². The van der Waals surface area contributed by atoms with Crippen LogP contribution in [0.5, 0.6) is 0 Å². The van der Waals surface area contributed by atoms with Gasteiger partial charge in [0.1, 0.15) is 4.90 Å². The number of nitrogens with zero attached hydrogens (tertiary/aromatic N) is 2. The van der Waals surface area contributed by atoms with Crippen LogP contribution in [-0.4, -0.2) is 30.1 Å². The second-order valence-electron chi connectivity index (χ2n) is 3.54. The highest BCUT2D eigenvalue weighted by Crippen LogP contribution is 2.08. The summed E-state index contributed by atoms with van der Waals surface area (Å²) in [4.78, 5) is 0.178. The zero-order valence-electron chi connectivity index (χ0n) is 9.35. The Labute approximate surface area is 101 Å². The van der Waals surface area contributed by atoms with Crippen molar-refractivity contribution in [2.75, 3.05) is 6.54 Å². The lowest BCUT2D eigenvalue weighted by Gasteiger charge is -2.07. The maximum Gasteiger partial charge on any atom is 0.243 e. The van der Waals surface area contributed by atoms with E-state index in [-0.39, 0.29) is 10.3 Å². The number of alkyl halides is 1. The first-order chi connectivity index (χ1) is 7.45. The summed E-state index contributed by atoms with van der Waals surface area (Å²) in [6, 6.07) is 0. The van der Waals surface area contributed by atoms with Gasteiger partial charge in [0.2, 0.25) is 10.0 Å². The Kier molecular flexibility index (Phi) is 4.76. The van der Waals surface area contributed by atoms with E-state index in [9.17, 15) is 8.42 Å². The Hall–Kier alpha value is -0.590. The lowest BCUT2D eigenvalue weighted by Crippen LogP contribution is -2.26. The van der Waals surface area contributed by atoms with Crippen molar-refractivity contribution >= 4 is 21.6 Å². The number of aryl methyl sites for hydroxylation is 1. The molecule has 1 N–H and O–H groups in total. The molecule has 92 valence electrons. The second-order valence-corrected chi connectivity index (χ2v) is 5.93. The molecular formula is C9H16ClN3O2S. The molecular weight excluding hydrogens is 250 g/mol. The summed E-state index contributed by atoms with van der Waals surface area (Å²) < 4.78 is 27.4. The zero-order chi connectivity index (χ0) is 12.2. The first-order valence-electron chi connectivity index (χ1n) is 5.08. The summed E-state index contributed by atoms with van der Waals surface area (Å²) in [6.07, 6.45) is 4.23. The van der Waals surface area contributed by atoms with Crippen molar-refractivity contribution in [1.29, 1.82) is 0 Å². The topological polar surface area (TPSA) is 64.0 Å². The Morgan fingerprint density at radius 3 is 2.81 bits per heavy atom. The van der Waals surface area contributed by atoms with Crippen LogP contribution < -0.4 is 4.72 Å². The van der Waals surface area contributed by atoms with Crippen molar-refractivity contribution in [1.82, 2.24) is 14.5 Å². The molecule has 0 aliphatic carbocycles. The van der Waals surface area contributed by atoms with Crippen molar-refractivity contribution in [3.8, 4) is 0 Å². The molecule has 0 aromatic carbocycles. The van der Waals surface area contributed by atoms with Crippen LogP contribution in [0.15, 0.2) is 17.3 Å². The molecule has 0 fully saturated rings. The Morgan fingerprint density at radius 1 is 1.62 bits per heavy atom. The van der Waals surface area contributed by atoms with Gasteiger partial charge in [-0.05, 0) is 12.8 Å². The smallest absolute Gasteiger partial charge is 0.243 e. The highest BCUT2D eigenvalue weighted by Gasteiger charge is 2.15. The van der Waals surface area contributed by atoms with Crippen LogP contribution >= 0.6 is 11.6 Å².